The van der Waals surface area contributed by atoms with Gasteiger partial charge in [-0.25, -0.2) is 0 Å². The number of nitro groups is 1. The largest absolute Gasteiger partial charge is 0.383 e. The molecule has 0 saturated carbocycles. The van der Waals surface area contributed by atoms with E-state index in [0.29, 0.717) is 12.2 Å². The summed E-state index contributed by atoms with van der Waals surface area (Å²) in [5, 5.41) is 16.5. The zero-order valence-corrected chi connectivity index (χ0v) is 13.1. The number of nitrogens with zero attached hydrogens (tertiary/aromatic N) is 2. The molecule has 0 aliphatic carbocycles. The van der Waals surface area contributed by atoms with Crippen molar-refractivity contribution in [1.29, 1.82) is 0 Å². The van der Waals surface area contributed by atoms with Crippen molar-refractivity contribution >= 4 is 17.3 Å². The number of likely N-dealkylation sites (N-methyl/N-ethyl adjacent to an activating group) is 1. The lowest BCUT2D eigenvalue weighted by atomic mass is 10.0. The third kappa shape index (κ3) is 4.16. The van der Waals surface area contributed by atoms with E-state index in [0.717, 1.165) is 0 Å². The van der Waals surface area contributed by atoms with Gasteiger partial charge in [-0.05, 0) is 40.1 Å². The molecule has 1 rings (SSSR count). The molecule has 1 aromatic carbocycles. The second kappa shape index (κ2) is 6.53. The summed E-state index contributed by atoms with van der Waals surface area (Å²) < 4.78 is 0. The number of carbonyl (C=O) groups is 1. The van der Waals surface area contributed by atoms with Crippen LogP contribution in [0.4, 0.5) is 11.4 Å². The third-order valence-corrected chi connectivity index (χ3v) is 3.62. The second-order valence-corrected chi connectivity index (χ2v) is 5.63. The fourth-order valence-corrected chi connectivity index (χ4v) is 1.59. The van der Waals surface area contributed by atoms with Crippen LogP contribution in [0, 0.1) is 10.1 Å². The Morgan fingerprint density at radius 3 is 2.48 bits per heavy atom. The molecule has 0 spiro atoms. The zero-order chi connectivity index (χ0) is 16.2. The van der Waals surface area contributed by atoms with Crippen LogP contribution in [0.2, 0.25) is 0 Å². The van der Waals surface area contributed by atoms with E-state index in [2.05, 4.69) is 10.6 Å². The van der Waals surface area contributed by atoms with Crippen LogP contribution >= 0.6 is 0 Å². The molecule has 0 aromatic heterocycles. The van der Waals surface area contributed by atoms with Crippen LogP contribution in [-0.4, -0.2) is 49.0 Å². The average Bonchev–Trinajstić information content (AvgIpc) is 2.43. The second-order valence-electron chi connectivity index (χ2n) is 5.63. The first-order chi connectivity index (χ1) is 9.69. The van der Waals surface area contributed by atoms with Crippen LogP contribution in [0.25, 0.3) is 0 Å². The molecule has 0 bridgehead atoms. The number of hydrogen-bond acceptors (Lipinski definition) is 5. The van der Waals surface area contributed by atoms with Crippen molar-refractivity contribution in [3.05, 3.63) is 33.9 Å². The van der Waals surface area contributed by atoms with E-state index in [1.165, 1.54) is 12.1 Å². The van der Waals surface area contributed by atoms with Gasteiger partial charge in [-0.3, -0.25) is 14.9 Å². The predicted molar refractivity (Wildman–Crippen MR) is 82.7 cm³/mol. The van der Waals surface area contributed by atoms with Crippen LogP contribution in [-0.2, 0) is 0 Å². The van der Waals surface area contributed by atoms with Crippen LogP contribution in [0.3, 0.4) is 0 Å². The van der Waals surface area contributed by atoms with Crippen LogP contribution in [0.1, 0.15) is 24.2 Å². The van der Waals surface area contributed by atoms with Crippen molar-refractivity contribution in [3.63, 3.8) is 0 Å². The molecule has 1 aromatic rings. The Balaban J connectivity index is 2.89. The maximum absolute atomic E-state index is 12.1. The molecule has 2 N–H and O–H groups in total. The van der Waals surface area contributed by atoms with Gasteiger partial charge >= 0.3 is 0 Å². The number of carbonyl (C=O) groups excluding carboxylic acids is 1. The van der Waals surface area contributed by atoms with Gasteiger partial charge in [0.25, 0.3) is 11.6 Å². The summed E-state index contributed by atoms with van der Waals surface area (Å²) in [7, 11) is 5.46. The highest BCUT2D eigenvalue weighted by molar-refractivity contribution is 5.95. The quantitative estimate of drug-likeness (QED) is 0.616. The number of nitrogens with one attached hydrogen (secondary N) is 2. The average molecular weight is 294 g/mol. The summed E-state index contributed by atoms with van der Waals surface area (Å²) in [6, 6.07) is 4.38. The topological polar surface area (TPSA) is 87.5 Å². The molecule has 0 aliphatic heterocycles. The number of benzene rings is 1. The van der Waals surface area contributed by atoms with Crippen molar-refractivity contribution in [2.24, 2.45) is 0 Å². The summed E-state index contributed by atoms with van der Waals surface area (Å²) >= 11 is 0. The Kier molecular flexibility index (Phi) is 5.26. The molecule has 1 amide bonds. The minimum Gasteiger partial charge on any atom is -0.383 e. The van der Waals surface area contributed by atoms with E-state index in [9.17, 15) is 14.9 Å². The van der Waals surface area contributed by atoms with Crippen molar-refractivity contribution in [1.82, 2.24) is 10.2 Å². The van der Waals surface area contributed by atoms with Gasteiger partial charge in [0.05, 0.1) is 4.92 Å². The Morgan fingerprint density at radius 1 is 1.38 bits per heavy atom. The van der Waals surface area contributed by atoms with Gasteiger partial charge in [0, 0.05) is 30.8 Å². The Hall–Kier alpha value is -2.15. The van der Waals surface area contributed by atoms with E-state index < -0.39 is 4.92 Å². The van der Waals surface area contributed by atoms with Crippen LogP contribution in [0.15, 0.2) is 18.2 Å². The molecule has 21 heavy (non-hydrogen) atoms. The summed E-state index contributed by atoms with van der Waals surface area (Å²) in [6.45, 7) is 4.44. The summed E-state index contributed by atoms with van der Waals surface area (Å²) in [4.78, 5) is 24.6. The molecule has 0 saturated heterocycles. The van der Waals surface area contributed by atoms with Crippen molar-refractivity contribution in [3.8, 4) is 0 Å². The highest BCUT2D eigenvalue weighted by Crippen LogP contribution is 2.25. The van der Waals surface area contributed by atoms with E-state index in [-0.39, 0.29) is 22.7 Å². The van der Waals surface area contributed by atoms with Crippen LogP contribution in [0.5, 0.6) is 0 Å². The van der Waals surface area contributed by atoms with E-state index in [1.54, 1.807) is 13.1 Å². The van der Waals surface area contributed by atoms with Crippen molar-refractivity contribution in [2.75, 3.05) is 33.0 Å². The Morgan fingerprint density at radius 2 is 2.00 bits per heavy atom. The number of anilines is 1. The van der Waals surface area contributed by atoms with Crippen LogP contribution < -0.4 is 10.6 Å². The summed E-state index contributed by atoms with van der Waals surface area (Å²) in [5.74, 6) is -0.323. The standard InChI is InChI=1S/C14H22N4O3/c1-14(2,17(4)5)9-16-13(19)10-6-7-11(15-3)12(8-10)18(20)21/h6-8,15H,9H2,1-5H3,(H,16,19). The molecule has 7 heteroatoms. The van der Waals surface area contributed by atoms with Gasteiger partial charge < -0.3 is 15.5 Å². The smallest absolute Gasteiger partial charge is 0.293 e. The molecule has 0 aliphatic rings. The highest BCUT2D eigenvalue weighted by atomic mass is 16.6. The first-order valence-electron chi connectivity index (χ1n) is 6.61. The number of hydrogen-bond donors (Lipinski definition) is 2. The number of rotatable bonds is 6. The number of amides is 1. The third-order valence-electron chi connectivity index (χ3n) is 3.62. The molecule has 0 radical (unpaired) electrons. The van der Waals surface area contributed by atoms with Gasteiger partial charge in [-0.1, -0.05) is 0 Å². The lowest BCUT2D eigenvalue weighted by molar-refractivity contribution is -0.384. The van der Waals surface area contributed by atoms with E-state index in [1.807, 2.05) is 32.8 Å². The molecular formula is C14H22N4O3. The van der Waals surface area contributed by atoms with E-state index >= 15 is 0 Å². The first-order valence-corrected chi connectivity index (χ1v) is 6.61. The first kappa shape index (κ1) is 16.9. The fourth-order valence-electron chi connectivity index (χ4n) is 1.59. The Labute approximate surface area is 124 Å². The summed E-state index contributed by atoms with van der Waals surface area (Å²) in [5.41, 5.74) is 0.337. The maximum atomic E-state index is 12.1. The normalized spacial score (nSPS) is 11.3. The van der Waals surface area contributed by atoms with Gasteiger partial charge in [-0.15, -0.1) is 0 Å². The molecule has 0 atom stereocenters. The SMILES string of the molecule is CNc1ccc(C(=O)NCC(C)(C)N(C)C)cc1[N+](=O)[O-]. The predicted octanol–water partition coefficient (Wildman–Crippen LogP) is 1.71. The van der Waals surface area contributed by atoms with E-state index in [4.69, 9.17) is 0 Å². The van der Waals surface area contributed by atoms with Gasteiger partial charge in [0.1, 0.15) is 5.69 Å². The fraction of sp³-hybridized carbons (Fsp3) is 0.500. The molecule has 116 valence electrons. The minimum atomic E-state index is -0.508. The number of nitro benzene ring substituents is 1. The molecular weight excluding hydrogens is 272 g/mol. The Bertz CT molecular complexity index is 541. The lowest BCUT2D eigenvalue weighted by Gasteiger charge is -2.32. The molecule has 0 heterocycles. The van der Waals surface area contributed by atoms with Gasteiger partial charge in [0.2, 0.25) is 0 Å². The highest BCUT2D eigenvalue weighted by Gasteiger charge is 2.22. The summed E-state index contributed by atoms with van der Waals surface area (Å²) in [6.07, 6.45) is 0. The molecule has 0 fully saturated rings. The monoisotopic (exact) mass is 294 g/mol. The van der Waals surface area contributed by atoms with Crippen molar-refractivity contribution < 1.29 is 9.72 Å². The maximum Gasteiger partial charge on any atom is 0.293 e. The molecule has 7 nitrogen and oxygen atoms in total. The molecule has 0 unspecified atom stereocenters. The van der Waals surface area contributed by atoms with Gasteiger partial charge in [0.15, 0.2) is 0 Å². The minimum absolute atomic E-state index is 0.114. The van der Waals surface area contributed by atoms with Crippen molar-refractivity contribution in [2.45, 2.75) is 19.4 Å². The zero-order valence-electron chi connectivity index (χ0n) is 13.1. The van der Waals surface area contributed by atoms with Gasteiger partial charge in [-0.2, -0.15) is 0 Å². The lowest BCUT2D eigenvalue weighted by Crippen LogP contribution is -2.48.